The minimum absolute atomic E-state index is 0.120. The molecule has 6 nitrogen and oxygen atoms in total. The molecule has 0 bridgehead atoms. The van der Waals surface area contributed by atoms with E-state index in [2.05, 4.69) is 22.5 Å². The van der Waals surface area contributed by atoms with Crippen LogP contribution in [0.1, 0.15) is 19.0 Å². The molecular weight excluding hydrogens is 312 g/mol. The molecule has 8 heteroatoms. The normalized spacial score (nSPS) is 10.6. The van der Waals surface area contributed by atoms with Gasteiger partial charge in [-0.2, -0.15) is 0 Å². The molecule has 0 saturated heterocycles. The number of nitrogens with one attached hydrogen (secondary N) is 2. The number of benzene rings is 1. The van der Waals surface area contributed by atoms with Gasteiger partial charge in [-0.1, -0.05) is 18.5 Å². The largest absolute Gasteiger partial charge is 0.331 e. The summed E-state index contributed by atoms with van der Waals surface area (Å²) >= 11 is 7.23. The number of rotatable bonds is 7. The van der Waals surface area contributed by atoms with Gasteiger partial charge in [0.15, 0.2) is 5.13 Å². The second-order valence-electron chi connectivity index (χ2n) is 4.37. The number of nitro groups is 1. The molecule has 21 heavy (non-hydrogen) atoms. The van der Waals surface area contributed by atoms with Gasteiger partial charge in [-0.25, -0.2) is 4.98 Å². The molecule has 112 valence electrons. The van der Waals surface area contributed by atoms with Crippen LogP contribution in [0.3, 0.4) is 0 Å². The molecule has 0 saturated carbocycles. The van der Waals surface area contributed by atoms with Gasteiger partial charge in [-0.05, 0) is 25.1 Å². The standard InChI is InChI=1S/C13H15ClN4O2S/c1-2-5-15-7-10-8-21-13(17-10)16-9-3-4-11(14)12(6-9)18(19)20/h3-4,6,8,15H,2,5,7H2,1H3,(H,16,17). The monoisotopic (exact) mass is 326 g/mol. The Kier molecular flexibility index (Phi) is 5.49. The molecule has 0 unspecified atom stereocenters. The summed E-state index contributed by atoms with van der Waals surface area (Å²) in [6.07, 6.45) is 1.07. The lowest BCUT2D eigenvalue weighted by Crippen LogP contribution is -2.13. The van der Waals surface area contributed by atoms with E-state index in [9.17, 15) is 10.1 Å². The highest BCUT2D eigenvalue weighted by Gasteiger charge is 2.13. The number of halogens is 1. The maximum Gasteiger partial charge on any atom is 0.289 e. The molecule has 0 amide bonds. The molecule has 2 N–H and O–H groups in total. The Morgan fingerprint density at radius 2 is 2.29 bits per heavy atom. The fourth-order valence-electron chi connectivity index (χ4n) is 1.69. The molecule has 0 aliphatic heterocycles. The van der Waals surface area contributed by atoms with E-state index in [-0.39, 0.29) is 10.7 Å². The topological polar surface area (TPSA) is 80.1 Å². The predicted octanol–water partition coefficient (Wildman–Crippen LogP) is 3.95. The minimum Gasteiger partial charge on any atom is -0.331 e. The molecule has 0 atom stereocenters. The van der Waals surface area contributed by atoms with Crippen LogP contribution in [0.25, 0.3) is 0 Å². The Morgan fingerprint density at radius 1 is 1.48 bits per heavy atom. The molecule has 0 aliphatic carbocycles. The van der Waals surface area contributed by atoms with E-state index < -0.39 is 4.92 Å². The van der Waals surface area contributed by atoms with Gasteiger partial charge in [0.2, 0.25) is 0 Å². The molecule has 2 aromatic rings. The summed E-state index contributed by atoms with van der Waals surface area (Å²) < 4.78 is 0. The third kappa shape index (κ3) is 4.38. The van der Waals surface area contributed by atoms with Crippen LogP contribution in [-0.2, 0) is 6.54 Å². The zero-order valence-corrected chi connectivity index (χ0v) is 13.0. The lowest BCUT2D eigenvalue weighted by molar-refractivity contribution is -0.384. The fourth-order valence-corrected chi connectivity index (χ4v) is 2.61. The number of thiazole rings is 1. The highest BCUT2D eigenvalue weighted by molar-refractivity contribution is 7.13. The number of nitro benzene ring substituents is 1. The van der Waals surface area contributed by atoms with Crippen LogP contribution < -0.4 is 10.6 Å². The van der Waals surface area contributed by atoms with Crippen LogP contribution >= 0.6 is 22.9 Å². The lowest BCUT2D eigenvalue weighted by Gasteiger charge is -2.03. The van der Waals surface area contributed by atoms with E-state index >= 15 is 0 Å². The van der Waals surface area contributed by atoms with Gasteiger partial charge in [0.25, 0.3) is 5.69 Å². The van der Waals surface area contributed by atoms with E-state index in [1.165, 1.54) is 23.5 Å². The first-order valence-electron chi connectivity index (χ1n) is 6.46. The van der Waals surface area contributed by atoms with Gasteiger partial charge in [-0.3, -0.25) is 10.1 Å². The molecular formula is C13H15ClN4O2S. The van der Waals surface area contributed by atoms with Crippen molar-refractivity contribution in [2.24, 2.45) is 0 Å². The first-order chi connectivity index (χ1) is 10.1. The first kappa shape index (κ1) is 15.7. The quantitative estimate of drug-likeness (QED) is 0.457. The van der Waals surface area contributed by atoms with Crippen molar-refractivity contribution in [3.63, 3.8) is 0 Å². The van der Waals surface area contributed by atoms with Gasteiger partial charge in [0, 0.05) is 23.7 Å². The summed E-state index contributed by atoms with van der Waals surface area (Å²) in [5, 5.41) is 19.9. The molecule has 1 heterocycles. The van der Waals surface area contributed by atoms with Crippen LogP contribution in [0.2, 0.25) is 5.02 Å². The van der Waals surface area contributed by atoms with E-state index in [0.29, 0.717) is 17.4 Å². The molecule has 1 aromatic heterocycles. The van der Waals surface area contributed by atoms with Crippen molar-refractivity contribution in [3.05, 3.63) is 44.4 Å². The van der Waals surface area contributed by atoms with Crippen LogP contribution in [0.4, 0.5) is 16.5 Å². The summed E-state index contributed by atoms with van der Waals surface area (Å²) in [6.45, 7) is 3.77. The third-order valence-electron chi connectivity index (χ3n) is 2.68. The molecule has 0 aliphatic rings. The van der Waals surface area contributed by atoms with Gasteiger partial charge in [-0.15, -0.1) is 11.3 Å². The maximum absolute atomic E-state index is 10.8. The summed E-state index contributed by atoms with van der Waals surface area (Å²) in [4.78, 5) is 14.8. The number of aromatic nitrogens is 1. The van der Waals surface area contributed by atoms with Gasteiger partial charge in [0.1, 0.15) is 5.02 Å². The Balaban J connectivity index is 2.05. The van der Waals surface area contributed by atoms with Crippen molar-refractivity contribution in [1.29, 1.82) is 0 Å². The van der Waals surface area contributed by atoms with Crippen molar-refractivity contribution < 1.29 is 4.92 Å². The highest BCUT2D eigenvalue weighted by Crippen LogP contribution is 2.29. The van der Waals surface area contributed by atoms with Crippen LogP contribution in [-0.4, -0.2) is 16.5 Å². The Hall–Kier alpha value is -1.70. The van der Waals surface area contributed by atoms with E-state index in [4.69, 9.17) is 11.6 Å². The van der Waals surface area contributed by atoms with Crippen LogP contribution in [0.5, 0.6) is 0 Å². The summed E-state index contributed by atoms with van der Waals surface area (Å²) in [5.74, 6) is 0. The van der Waals surface area contributed by atoms with E-state index in [1.807, 2.05) is 5.38 Å². The number of anilines is 2. The number of nitrogens with zero attached hydrogens (tertiary/aromatic N) is 2. The number of hydrogen-bond acceptors (Lipinski definition) is 6. The maximum atomic E-state index is 10.8. The first-order valence-corrected chi connectivity index (χ1v) is 7.72. The highest BCUT2D eigenvalue weighted by atomic mass is 35.5. The summed E-state index contributed by atoms with van der Waals surface area (Å²) in [6, 6.07) is 4.59. The van der Waals surface area contributed by atoms with Crippen molar-refractivity contribution in [1.82, 2.24) is 10.3 Å². The average molecular weight is 327 g/mol. The molecule has 0 fully saturated rings. The van der Waals surface area contributed by atoms with E-state index in [0.717, 1.165) is 18.7 Å². The van der Waals surface area contributed by atoms with Crippen LogP contribution in [0.15, 0.2) is 23.6 Å². The third-order valence-corrected chi connectivity index (χ3v) is 3.80. The average Bonchev–Trinajstić information content (AvgIpc) is 2.88. The second-order valence-corrected chi connectivity index (χ2v) is 5.63. The molecule has 1 aromatic carbocycles. The summed E-state index contributed by atoms with van der Waals surface area (Å²) in [7, 11) is 0. The van der Waals surface area contributed by atoms with Crippen molar-refractivity contribution in [2.45, 2.75) is 19.9 Å². The van der Waals surface area contributed by atoms with Crippen molar-refractivity contribution in [2.75, 3.05) is 11.9 Å². The Morgan fingerprint density at radius 3 is 3.00 bits per heavy atom. The van der Waals surface area contributed by atoms with Gasteiger partial charge >= 0.3 is 0 Å². The van der Waals surface area contributed by atoms with Crippen molar-refractivity contribution >= 4 is 39.4 Å². The molecule has 0 radical (unpaired) electrons. The number of hydrogen-bond donors (Lipinski definition) is 2. The SMILES string of the molecule is CCCNCc1csc(Nc2ccc(Cl)c([N+](=O)[O-])c2)n1. The van der Waals surface area contributed by atoms with Crippen LogP contribution in [0, 0.1) is 10.1 Å². The second kappa shape index (κ2) is 7.35. The molecule has 0 spiro atoms. The van der Waals surface area contributed by atoms with Crippen molar-refractivity contribution in [3.8, 4) is 0 Å². The predicted molar refractivity (Wildman–Crippen MR) is 85.5 cm³/mol. The fraction of sp³-hybridized carbons (Fsp3) is 0.308. The van der Waals surface area contributed by atoms with E-state index in [1.54, 1.807) is 6.07 Å². The summed E-state index contributed by atoms with van der Waals surface area (Å²) in [5.41, 5.74) is 1.41. The van der Waals surface area contributed by atoms with Gasteiger partial charge in [0.05, 0.1) is 10.6 Å². The van der Waals surface area contributed by atoms with Gasteiger partial charge < -0.3 is 10.6 Å². The minimum atomic E-state index is -0.505. The zero-order chi connectivity index (χ0) is 15.2. The Bertz CT molecular complexity index is 632. The zero-order valence-electron chi connectivity index (χ0n) is 11.4. The molecule has 2 rings (SSSR count). The Labute approximate surface area is 131 Å². The smallest absolute Gasteiger partial charge is 0.289 e. The lowest BCUT2D eigenvalue weighted by atomic mass is 10.3.